The molecule has 1 aromatic carbocycles. The van der Waals surface area contributed by atoms with Crippen molar-refractivity contribution in [2.45, 2.75) is 56.0 Å². The first kappa shape index (κ1) is 20.2. The molecule has 2 saturated carbocycles. The normalized spacial score (nSPS) is 31.3. The zero-order valence-electron chi connectivity index (χ0n) is 18.7. The Morgan fingerprint density at radius 3 is 2.91 bits per heavy atom. The number of imidazole rings is 1. The highest BCUT2D eigenvalue weighted by Crippen LogP contribution is 2.61. The summed E-state index contributed by atoms with van der Waals surface area (Å²) in [6.07, 6.45) is 10.5. The summed E-state index contributed by atoms with van der Waals surface area (Å²) < 4.78 is 7.48. The van der Waals surface area contributed by atoms with Gasteiger partial charge in [0, 0.05) is 5.41 Å². The van der Waals surface area contributed by atoms with Crippen molar-refractivity contribution >= 4 is 28.7 Å². The lowest BCUT2D eigenvalue weighted by molar-refractivity contribution is -0.131. The standard InChI is InChI=1S/C25H28N4O2S/c1-25-9-8-17-16-7-5-15(31-2)10-14(16)4-6-18(17)19(25)11-20(22(25)30)29-13-28-21-23(29)26-12-27-24(21)32-3/h5,7,10,12-13,17-20H,4,6,8-9,11H2,1-3H3/t17-,18-,19+,20-,25+/m1/s1. The largest absolute Gasteiger partial charge is 0.497 e. The van der Waals surface area contributed by atoms with Crippen molar-refractivity contribution in [3.63, 3.8) is 0 Å². The molecule has 7 heteroatoms. The average Bonchev–Trinajstić information content (AvgIpc) is 3.37. The van der Waals surface area contributed by atoms with Gasteiger partial charge >= 0.3 is 0 Å². The molecule has 3 aromatic rings. The van der Waals surface area contributed by atoms with E-state index in [0.29, 0.717) is 23.5 Å². The number of aromatic nitrogens is 4. The van der Waals surface area contributed by atoms with E-state index < -0.39 is 0 Å². The van der Waals surface area contributed by atoms with Crippen LogP contribution in [0.1, 0.15) is 55.7 Å². The first-order valence-electron chi connectivity index (χ1n) is 11.5. The van der Waals surface area contributed by atoms with Crippen LogP contribution >= 0.6 is 11.8 Å². The maximum Gasteiger partial charge on any atom is 0.165 e. The number of carbonyl (C=O) groups is 1. The van der Waals surface area contributed by atoms with Crippen LogP contribution in [-0.4, -0.2) is 38.7 Å². The highest BCUT2D eigenvalue weighted by molar-refractivity contribution is 7.98. The second-order valence-corrected chi connectivity index (χ2v) is 10.6. The molecule has 32 heavy (non-hydrogen) atoms. The molecule has 0 bridgehead atoms. The van der Waals surface area contributed by atoms with Gasteiger partial charge in [-0.3, -0.25) is 4.79 Å². The van der Waals surface area contributed by atoms with Crippen LogP contribution in [0.15, 0.2) is 35.9 Å². The lowest BCUT2D eigenvalue weighted by Crippen LogP contribution is -2.42. The van der Waals surface area contributed by atoms with Crippen LogP contribution in [0, 0.1) is 17.3 Å². The summed E-state index contributed by atoms with van der Waals surface area (Å²) in [6, 6.07) is 6.39. The number of hydrogen-bond donors (Lipinski definition) is 0. The van der Waals surface area contributed by atoms with Crippen molar-refractivity contribution in [2.24, 2.45) is 17.3 Å². The fourth-order valence-electron chi connectivity index (χ4n) is 6.92. The molecule has 2 heterocycles. The number of ether oxygens (including phenoxy) is 1. The first-order chi connectivity index (χ1) is 15.5. The smallest absolute Gasteiger partial charge is 0.165 e. The van der Waals surface area contributed by atoms with Crippen molar-refractivity contribution in [3.05, 3.63) is 42.0 Å². The molecule has 166 valence electrons. The minimum Gasteiger partial charge on any atom is -0.497 e. The van der Waals surface area contributed by atoms with E-state index in [1.807, 2.05) is 17.2 Å². The summed E-state index contributed by atoms with van der Waals surface area (Å²) in [5.41, 5.74) is 4.22. The lowest BCUT2D eigenvalue weighted by Gasteiger charge is -2.48. The van der Waals surface area contributed by atoms with Crippen LogP contribution in [0.3, 0.4) is 0 Å². The van der Waals surface area contributed by atoms with E-state index in [-0.39, 0.29) is 11.5 Å². The number of hydrogen-bond acceptors (Lipinski definition) is 6. The molecule has 0 unspecified atom stereocenters. The summed E-state index contributed by atoms with van der Waals surface area (Å²) in [5.74, 6) is 2.80. The van der Waals surface area contributed by atoms with Crippen molar-refractivity contribution < 1.29 is 9.53 Å². The van der Waals surface area contributed by atoms with Crippen LogP contribution in [0.4, 0.5) is 0 Å². The summed E-state index contributed by atoms with van der Waals surface area (Å²) in [7, 11) is 1.73. The van der Waals surface area contributed by atoms with E-state index in [2.05, 4.69) is 40.1 Å². The van der Waals surface area contributed by atoms with Crippen molar-refractivity contribution in [3.8, 4) is 5.75 Å². The Hall–Kier alpha value is -2.41. The van der Waals surface area contributed by atoms with Gasteiger partial charge in [0.1, 0.15) is 22.6 Å². The third-order valence-corrected chi connectivity index (χ3v) is 9.21. The minimum absolute atomic E-state index is 0.185. The highest BCUT2D eigenvalue weighted by Gasteiger charge is 2.58. The maximum absolute atomic E-state index is 13.8. The highest BCUT2D eigenvalue weighted by atomic mass is 32.2. The summed E-state index contributed by atoms with van der Waals surface area (Å²) in [4.78, 5) is 27.3. The molecule has 3 aliphatic carbocycles. The van der Waals surface area contributed by atoms with Gasteiger partial charge in [-0.25, -0.2) is 15.0 Å². The SMILES string of the molecule is COc1ccc2c(c1)CC[C@@H]1[C@@H]2CC[C@]2(C)C(=O)[C@H](n3cnc4c(SC)ncnc43)C[C@@H]12. The zero-order chi connectivity index (χ0) is 22.0. The van der Waals surface area contributed by atoms with Gasteiger partial charge in [0.15, 0.2) is 11.4 Å². The van der Waals surface area contributed by atoms with Crippen molar-refractivity contribution in [2.75, 3.05) is 13.4 Å². The number of Topliss-reactive ketones (excluding diaryl/α,β-unsaturated/α-hetero) is 1. The number of nitrogens with zero attached hydrogens (tertiary/aromatic N) is 4. The summed E-state index contributed by atoms with van der Waals surface area (Å²) in [6.45, 7) is 2.22. The second kappa shape index (κ2) is 7.30. The van der Waals surface area contributed by atoms with Gasteiger partial charge in [0.25, 0.3) is 0 Å². The fraction of sp³-hybridized carbons (Fsp3) is 0.520. The minimum atomic E-state index is -0.262. The molecule has 6 rings (SSSR count). The molecule has 0 spiro atoms. The molecule has 2 aromatic heterocycles. The van der Waals surface area contributed by atoms with E-state index in [4.69, 9.17) is 4.74 Å². The van der Waals surface area contributed by atoms with E-state index in [1.54, 1.807) is 25.2 Å². The zero-order valence-corrected chi connectivity index (χ0v) is 19.6. The number of ketones is 1. The second-order valence-electron chi connectivity index (χ2n) is 9.76. The van der Waals surface area contributed by atoms with Crippen molar-refractivity contribution in [1.29, 1.82) is 0 Å². The molecular weight excluding hydrogens is 420 g/mol. The Morgan fingerprint density at radius 1 is 1.22 bits per heavy atom. The van der Waals surface area contributed by atoms with Gasteiger partial charge in [-0.15, -0.1) is 11.8 Å². The van der Waals surface area contributed by atoms with Gasteiger partial charge in [0.05, 0.1) is 19.5 Å². The van der Waals surface area contributed by atoms with Gasteiger partial charge in [0.2, 0.25) is 0 Å². The van der Waals surface area contributed by atoms with Crippen LogP contribution < -0.4 is 4.74 Å². The van der Waals surface area contributed by atoms with E-state index in [9.17, 15) is 4.79 Å². The molecule has 0 amide bonds. The molecule has 5 atom stereocenters. The summed E-state index contributed by atoms with van der Waals surface area (Å²) in [5, 5.41) is 0.863. The topological polar surface area (TPSA) is 69.9 Å². The van der Waals surface area contributed by atoms with Crippen molar-refractivity contribution in [1.82, 2.24) is 19.5 Å². The molecule has 3 aliphatic rings. The van der Waals surface area contributed by atoms with E-state index in [0.717, 1.165) is 54.0 Å². The third-order valence-electron chi connectivity index (χ3n) is 8.52. The number of aryl methyl sites for hydroxylation is 1. The van der Waals surface area contributed by atoms with E-state index >= 15 is 0 Å². The third kappa shape index (κ3) is 2.73. The molecule has 0 radical (unpaired) electrons. The predicted octanol–water partition coefficient (Wildman–Crippen LogP) is 4.83. The Kier molecular flexibility index (Phi) is 4.61. The van der Waals surface area contributed by atoms with E-state index in [1.165, 1.54) is 11.1 Å². The predicted molar refractivity (Wildman–Crippen MR) is 124 cm³/mol. The Morgan fingerprint density at radius 2 is 2.09 bits per heavy atom. The quantitative estimate of drug-likeness (QED) is 0.422. The maximum atomic E-state index is 13.8. The van der Waals surface area contributed by atoms with Gasteiger partial charge in [-0.05, 0) is 79.4 Å². The average molecular weight is 449 g/mol. The molecule has 0 aliphatic heterocycles. The van der Waals surface area contributed by atoms with Crippen LogP contribution in [0.25, 0.3) is 11.2 Å². The first-order valence-corrected chi connectivity index (χ1v) is 12.7. The Bertz CT molecular complexity index is 1220. The number of fused-ring (bicyclic) bond motifs is 6. The fourth-order valence-corrected chi connectivity index (χ4v) is 7.41. The van der Waals surface area contributed by atoms with Crippen LogP contribution in [0.2, 0.25) is 0 Å². The van der Waals surface area contributed by atoms with Crippen LogP contribution in [0.5, 0.6) is 5.75 Å². The Labute approximate surface area is 192 Å². The van der Waals surface area contributed by atoms with Gasteiger partial charge in [-0.2, -0.15) is 0 Å². The molecule has 6 nitrogen and oxygen atoms in total. The number of benzene rings is 1. The van der Waals surface area contributed by atoms with Gasteiger partial charge < -0.3 is 9.30 Å². The number of rotatable bonds is 3. The summed E-state index contributed by atoms with van der Waals surface area (Å²) >= 11 is 1.56. The number of carbonyl (C=O) groups excluding carboxylic acids is 1. The molecule has 0 saturated heterocycles. The van der Waals surface area contributed by atoms with Crippen LogP contribution in [-0.2, 0) is 11.2 Å². The number of thioether (sulfide) groups is 1. The lowest BCUT2D eigenvalue weighted by atomic mass is 9.55. The monoisotopic (exact) mass is 448 g/mol. The Balaban J connectivity index is 1.36. The molecule has 2 fully saturated rings. The molecule has 0 N–H and O–H groups in total. The number of methoxy groups -OCH3 is 1. The van der Waals surface area contributed by atoms with Gasteiger partial charge in [-0.1, -0.05) is 13.0 Å². The molecular formula is C25H28N4O2S.